The second-order valence-corrected chi connectivity index (χ2v) is 7.66. The van der Waals surface area contributed by atoms with Gasteiger partial charge in [0.2, 0.25) is 0 Å². The second-order valence-electron chi connectivity index (χ2n) is 7.66. The molecular weight excluding hydrogens is 320 g/mol. The molecule has 2 fully saturated rings. The standard InChI is InChI=1S/C20H34O5/c1-2-3-4-7-14(21)10-11-16-17-12-15(8-5-6-9-20(23)24)25-19(17)13-18(16)22/h10-11,14-19,21-22H,2-9,12-13H2,1H3,(H,23,24)/t14-,15?,16+,17+,18+,19+/m0/s1. The molecule has 25 heavy (non-hydrogen) atoms. The molecule has 2 rings (SSSR count). The van der Waals surface area contributed by atoms with E-state index in [1.165, 1.54) is 0 Å². The Morgan fingerprint density at radius 2 is 2.04 bits per heavy atom. The van der Waals surface area contributed by atoms with Crippen molar-refractivity contribution in [3.8, 4) is 0 Å². The summed E-state index contributed by atoms with van der Waals surface area (Å²) >= 11 is 0. The van der Waals surface area contributed by atoms with Crippen LogP contribution in [0.15, 0.2) is 12.2 Å². The molecule has 0 spiro atoms. The molecule has 2 aliphatic rings. The number of ether oxygens (including phenoxy) is 1. The van der Waals surface area contributed by atoms with Gasteiger partial charge in [0, 0.05) is 18.8 Å². The zero-order valence-corrected chi connectivity index (χ0v) is 15.3. The van der Waals surface area contributed by atoms with E-state index in [0.717, 1.165) is 44.9 Å². The minimum absolute atomic E-state index is 0.0647. The molecule has 144 valence electrons. The summed E-state index contributed by atoms with van der Waals surface area (Å²) in [4.78, 5) is 10.6. The van der Waals surface area contributed by atoms with Gasteiger partial charge in [-0.15, -0.1) is 0 Å². The summed E-state index contributed by atoms with van der Waals surface area (Å²) in [5.41, 5.74) is 0. The molecule has 0 radical (unpaired) electrons. The lowest BCUT2D eigenvalue weighted by molar-refractivity contribution is -0.137. The Bertz CT molecular complexity index is 436. The molecule has 5 heteroatoms. The lowest BCUT2D eigenvalue weighted by Crippen LogP contribution is -2.19. The van der Waals surface area contributed by atoms with Crippen LogP contribution in [0, 0.1) is 11.8 Å². The van der Waals surface area contributed by atoms with E-state index < -0.39 is 12.1 Å². The van der Waals surface area contributed by atoms with E-state index in [-0.39, 0.29) is 30.7 Å². The van der Waals surface area contributed by atoms with Crippen LogP contribution in [0.5, 0.6) is 0 Å². The van der Waals surface area contributed by atoms with Gasteiger partial charge < -0.3 is 20.1 Å². The molecular formula is C20H34O5. The van der Waals surface area contributed by atoms with E-state index in [1.807, 2.05) is 12.2 Å². The van der Waals surface area contributed by atoms with Gasteiger partial charge in [0.25, 0.3) is 0 Å². The van der Waals surface area contributed by atoms with Gasteiger partial charge >= 0.3 is 5.97 Å². The van der Waals surface area contributed by atoms with Crippen LogP contribution in [0.3, 0.4) is 0 Å². The zero-order chi connectivity index (χ0) is 18.2. The van der Waals surface area contributed by atoms with Crippen molar-refractivity contribution in [1.82, 2.24) is 0 Å². The number of carboxylic acids is 1. The Kier molecular flexibility index (Phi) is 8.40. The molecule has 0 amide bonds. The molecule has 0 bridgehead atoms. The zero-order valence-electron chi connectivity index (χ0n) is 15.3. The van der Waals surface area contributed by atoms with E-state index in [4.69, 9.17) is 9.84 Å². The normalized spacial score (nSPS) is 33.0. The molecule has 0 aromatic heterocycles. The first-order valence-corrected chi connectivity index (χ1v) is 9.93. The highest BCUT2D eigenvalue weighted by molar-refractivity contribution is 5.66. The van der Waals surface area contributed by atoms with Crippen LogP contribution in [-0.4, -0.2) is 45.7 Å². The van der Waals surface area contributed by atoms with Gasteiger partial charge in [-0.05, 0) is 31.6 Å². The Balaban J connectivity index is 1.76. The Hall–Kier alpha value is -0.910. The van der Waals surface area contributed by atoms with E-state index in [1.54, 1.807) is 0 Å². The van der Waals surface area contributed by atoms with Gasteiger partial charge in [-0.1, -0.05) is 44.8 Å². The van der Waals surface area contributed by atoms with Crippen LogP contribution in [0.1, 0.15) is 71.1 Å². The largest absolute Gasteiger partial charge is 0.481 e. The molecule has 1 unspecified atom stereocenters. The average Bonchev–Trinajstić information content (AvgIpc) is 3.06. The SMILES string of the molecule is CCCCC[C@H](O)C=C[C@@H]1[C@H]2CC(CCCCC(=O)O)O[C@@H]2C[C@H]1O. The summed E-state index contributed by atoms with van der Waals surface area (Å²) in [6, 6.07) is 0. The number of unbranched alkanes of at least 4 members (excludes halogenated alkanes) is 3. The molecule has 1 saturated carbocycles. The first-order valence-electron chi connectivity index (χ1n) is 9.93. The van der Waals surface area contributed by atoms with Crippen LogP contribution in [0.2, 0.25) is 0 Å². The fourth-order valence-electron chi connectivity index (χ4n) is 4.24. The lowest BCUT2D eigenvalue weighted by Gasteiger charge is -2.18. The Labute approximate surface area is 151 Å². The number of hydrogen-bond acceptors (Lipinski definition) is 4. The van der Waals surface area contributed by atoms with Gasteiger partial charge in [0.15, 0.2) is 0 Å². The summed E-state index contributed by atoms with van der Waals surface area (Å²) in [7, 11) is 0. The molecule has 6 atom stereocenters. The first kappa shape index (κ1) is 20.4. The quantitative estimate of drug-likeness (QED) is 0.391. The van der Waals surface area contributed by atoms with E-state index in [0.29, 0.717) is 18.8 Å². The van der Waals surface area contributed by atoms with Gasteiger partial charge in [-0.25, -0.2) is 0 Å². The molecule has 0 aromatic rings. The first-order chi connectivity index (χ1) is 12.0. The molecule has 1 aliphatic heterocycles. The smallest absolute Gasteiger partial charge is 0.303 e. The summed E-state index contributed by atoms with van der Waals surface area (Å²) in [6.07, 6.45) is 11.7. The van der Waals surface area contributed by atoms with E-state index in [9.17, 15) is 15.0 Å². The summed E-state index contributed by atoms with van der Waals surface area (Å²) in [6.45, 7) is 2.15. The topological polar surface area (TPSA) is 87.0 Å². The molecule has 1 saturated heterocycles. The van der Waals surface area contributed by atoms with Crippen molar-refractivity contribution in [1.29, 1.82) is 0 Å². The molecule has 0 aromatic carbocycles. The number of carbonyl (C=O) groups is 1. The molecule has 1 heterocycles. The van der Waals surface area contributed by atoms with Gasteiger partial charge in [-0.3, -0.25) is 4.79 Å². The van der Waals surface area contributed by atoms with Gasteiger partial charge in [-0.2, -0.15) is 0 Å². The van der Waals surface area contributed by atoms with Crippen molar-refractivity contribution in [3.05, 3.63) is 12.2 Å². The van der Waals surface area contributed by atoms with Crippen LogP contribution in [0.4, 0.5) is 0 Å². The molecule has 3 N–H and O–H groups in total. The maximum absolute atomic E-state index is 10.6. The van der Waals surface area contributed by atoms with Crippen molar-refractivity contribution < 1.29 is 24.9 Å². The van der Waals surface area contributed by atoms with Crippen molar-refractivity contribution in [2.45, 2.75) is 95.5 Å². The minimum Gasteiger partial charge on any atom is -0.481 e. The van der Waals surface area contributed by atoms with Crippen LogP contribution >= 0.6 is 0 Å². The third kappa shape index (κ3) is 6.39. The predicted octanol–water partition coefficient (Wildman–Crippen LogP) is 3.28. The van der Waals surface area contributed by atoms with E-state index in [2.05, 4.69) is 6.92 Å². The predicted molar refractivity (Wildman–Crippen MR) is 96.3 cm³/mol. The molecule has 5 nitrogen and oxygen atoms in total. The highest BCUT2D eigenvalue weighted by Crippen LogP contribution is 2.45. The minimum atomic E-state index is -0.741. The third-order valence-electron chi connectivity index (χ3n) is 5.62. The van der Waals surface area contributed by atoms with Crippen molar-refractivity contribution >= 4 is 5.97 Å². The molecule has 1 aliphatic carbocycles. The van der Waals surface area contributed by atoms with Crippen molar-refractivity contribution in [2.75, 3.05) is 0 Å². The third-order valence-corrected chi connectivity index (χ3v) is 5.62. The Morgan fingerprint density at radius 3 is 2.76 bits per heavy atom. The number of aliphatic carboxylic acids is 1. The Morgan fingerprint density at radius 1 is 1.24 bits per heavy atom. The van der Waals surface area contributed by atoms with E-state index >= 15 is 0 Å². The maximum atomic E-state index is 10.6. The average molecular weight is 354 g/mol. The summed E-state index contributed by atoms with van der Waals surface area (Å²) in [5.74, 6) is -0.358. The highest BCUT2D eigenvalue weighted by atomic mass is 16.5. The van der Waals surface area contributed by atoms with Crippen molar-refractivity contribution in [2.24, 2.45) is 11.8 Å². The number of aliphatic hydroxyl groups is 2. The highest BCUT2D eigenvalue weighted by Gasteiger charge is 2.47. The second kappa shape index (κ2) is 10.3. The van der Waals surface area contributed by atoms with Gasteiger partial charge in [0.1, 0.15) is 0 Å². The van der Waals surface area contributed by atoms with Crippen LogP contribution < -0.4 is 0 Å². The maximum Gasteiger partial charge on any atom is 0.303 e. The van der Waals surface area contributed by atoms with Crippen LogP contribution in [0.25, 0.3) is 0 Å². The van der Waals surface area contributed by atoms with Gasteiger partial charge in [0.05, 0.1) is 24.4 Å². The summed E-state index contributed by atoms with van der Waals surface area (Å²) < 4.78 is 6.08. The van der Waals surface area contributed by atoms with Crippen molar-refractivity contribution in [3.63, 3.8) is 0 Å². The monoisotopic (exact) mass is 354 g/mol. The number of fused-ring (bicyclic) bond motifs is 1. The number of aliphatic hydroxyl groups excluding tert-OH is 2. The fourth-order valence-corrected chi connectivity index (χ4v) is 4.24. The summed E-state index contributed by atoms with van der Waals surface area (Å²) in [5, 5.41) is 29.0. The number of rotatable bonds is 11. The van der Waals surface area contributed by atoms with Crippen LogP contribution in [-0.2, 0) is 9.53 Å². The lowest BCUT2D eigenvalue weighted by atomic mass is 9.89. The fraction of sp³-hybridized carbons (Fsp3) is 0.850. The number of carboxylic acid groups (broad SMARTS) is 1. The number of hydrogen-bond donors (Lipinski definition) is 3.